The number of hydrogen-bond acceptors (Lipinski definition) is 3. The van der Waals surface area contributed by atoms with Crippen molar-refractivity contribution in [2.75, 3.05) is 18.4 Å². The first-order valence-electron chi connectivity index (χ1n) is 7.90. The number of anilines is 1. The first kappa shape index (κ1) is 14.8. The van der Waals surface area contributed by atoms with E-state index in [1.807, 2.05) is 41.2 Å². The lowest BCUT2D eigenvalue weighted by atomic mass is 10.1. The third-order valence-electron chi connectivity index (χ3n) is 4.05. The lowest BCUT2D eigenvalue weighted by molar-refractivity contribution is -0.116. The van der Waals surface area contributed by atoms with E-state index in [4.69, 9.17) is 0 Å². The fourth-order valence-electron chi connectivity index (χ4n) is 2.80. The van der Waals surface area contributed by atoms with E-state index in [1.54, 1.807) is 6.20 Å². The Bertz CT molecular complexity index is 602. The van der Waals surface area contributed by atoms with Crippen LogP contribution >= 0.6 is 0 Å². The van der Waals surface area contributed by atoms with Gasteiger partial charge in [-0.05, 0) is 37.9 Å². The second kappa shape index (κ2) is 7.22. The molecule has 0 unspecified atom stereocenters. The summed E-state index contributed by atoms with van der Waals surface area (Å²) in [6.45, 7) is 2.06. The summed E-state index contributed by atoms with van der Waals surface area (Å²) in [5.74, 6) is 0.0358. The molecule has 0 aliphatic carbocycles. The van der Waals surface area contributed by atoms with E-state index in [-0.39, 0.29) is 5.91 Å². The van der Waals surface area contributed by atoms with Crippen LogP contribution in [0, 0.1) is 0 Å². The largest absolute Gasteiger partial charge is 0.323 e. The van der Waals surface area contributed by atoms with Crippen molar-refractivity contribution >= 4 is 11.6 Å². The van der Waals surface area contributed by atoms with Gasteiger partial charge in [0.15, 0.2) is 0 Å². The zero-order valence-electron chi connectivity index (χ0n) is 12.7. The number of rotatable bonds is 5. The van der Waals surface area contributed by atoms with Crippen molar-refractivity contribution in [1.82, 2.24) is 15.1 Å². The molecule has 1 fully saturated rings. The molecule has 0 bridgehead atoms. The molecular weight excluding hydrogens is 276 g/mol. The molecule has 2 heterocycles. The smallest absolute Gasteiger partial charge is 0.224 e. The predicted octanol–water partition coefficient (Wildman–Crippen LogP) is 2.38. The molecule has 1 amide bonds. The van der Waals surface area contributed by atoms with Gasteiger partial charge >= 0.3 is 0 Å². The number of aromatic nitrogens is 2. The summed E-state index contributed by atoms with van der Waals surface area (Å²) in [6, 6.07) is 10.5. The van der Waals surface area contributed by atoms with Crippen molar-refractivity contribution in [2.45, 2.75) is 31.7 Å². The third-order valence-corrected chi connectivity index (χ3v) is 4.05. The second-order valence-electron chi connectivity index (χ2n) is 5.72. The van der Waals surface area contributed by atoms with Crippen LogP contribution in [0.25, 0.3) is 0 Å². The van der Waals surface area contributed by atoms with E-state index in [0.29, 0.717) is 12.5 Å². The first-order chi connectivity index (χ1) is 10.8. The van der Waals surface area contributed by atoms with E-state index in [9.17, 15) is 4.79 Å². The summed E-state index contributed by atoms with van der Waals surface area (Å²) in [5, 5.41) is 10.7. The summed E-state index contributed by atoms with van der Waals surface area (Å²) in [4.78, 5) is 12.0. The maximum absolute atomic E-state index is 12.0. The van der Waals surface area contributed by atoms with Gasteiger partial charge in [0.05, 0.1) is 17.9 Å². The number of carbonyl (C=O) groups is 1. The van der Waals surface area contributed by atoms with E-state index in [1.165, 1.54) is 5.56 Å². The van der Waals surface area contributed by atoms with E-state index < -0.39 is 0 Å². The molecule has 1 aromatic heterocycles. The van der Waals surface area contributed by atoms with Gasteiger partial charge in [-0.2, -0.15) is 5.10 Å². The molecule has 1 aromatic carbocycles. The van der Waals surface area contributed by atoms with Gasteiger partial charge < -0.3 is 10.6 Å². The molecule has 0 spiro atoms. The summed E-state index contributed by atoms with van der Waals surface area (Å²) in [7, 11) is 0. The number of nitrogens with one attached hydrogen (secondary N) is 2. The summed E-state index contributed by atoms with van der Waals surface area (Å²) < 4.78 is 1.98. The molecule has 0 radical (unpaired) electrons. The molecule has 3 rings (SSSR count). The molecule has 0 atom stereocenters. The van der Waals surface area contributed by atoms with Gasteiger partial charge in [0.25, 0.3) is 0 Å². The number of amides is 1. The highest BCUT2D eigenvalue weighted by atomic mass is 16.1. The number of carbonyl (C=O) groups excluding carboxylic acids is 1. The molecule has 116 valence electrons. The van der Waals surface area contributed by atoms with Crippen molar-refractivity contribution in [2.24, 2.45) is 0 Å². The van der Waals surface area contributed by atoms with Crippen LogP contribution < -0.4 is 10.6 Å². The highest BCUT2D eigenvalue weighted by molar-refractivity contribution is 5.90. The Morgan fingerprint density at radius 3 is 2.82 bits per heavy atom. The van der Waals surface area contributed by atoms with Crippen LogP contribution in [0.4, 0.5) is 5.69 Å². The monoisotopic (exact) mass is 298 g/mol. The quantitative estimate of drug-likeness (QED) is 0.891. The molecule has 5 heteroatoms. The normalized spacial score (nSPS) is 15.6. The molecule has 0 saturated carbocycles. The van der Waals surface area contributed by atoms with Gasteiger partial charge in [-0.1, -0.05) is 30.3 Å². The summed E-state index contributed by atoms with van der Waals surface area (Å²) in [6.07, 6.45) is 7.10. The van der Waals surface area contributed by atoms with Crippen molar-refractivity contribution in [3.8, 4) is 0 Å². The fourth-order valence-corrected chi connectivity index (χ4v) is 2.80. The Morgan fingerprint density at radius 2 is 2.05 bits per heavy atom. The Kier molecular flexibility index (Phi) is 4.85. The number of benzene rings is 1. The lowest BCUT2D eigenvalue weighted by Crippen LogP contribution is -2.29. The van der Waals surface area contributed by atoms with Crippen LogP contribution in [0.15, 0.2) is 42.7 Å². The fraction of sp³-hybridized carbons (Fsp3) is 0.412. The van der Waals surface area contributed by atoms with Gasteiger partial charge in [0.1, 0.15) is 0 Å². The lowest BCUT2D eigenvalue weighted by Gasteiger charge is -2.22. The van der Waals surface area contributed by atoms with Gasteiger partial charge in [0.2, 0.25) is 5.91 Å². The SMILES string of the molecule is O=C(CCc1ccccc1)Nc1cnn(C2CCNCC2)c1. The average molecular weight is 298 g/mol. The van der Waals surface area contributed by atoms with Crippen LogP contribution in [-0.4, -0.2) is 28.8 Å². The maximum Gasteiger partial charge on any atom is 0.224 e. The number of piperidine rings is 1. The Hall–Kier alpha value is -2.14. The van der Waals surface area contributed by atoms with Crippen LogP contribution in [0.2, 0.25) is 0 Å². The van der Waals surface area contributed by atoms with E-state index in [2.05, 4.69) is 15.7 Å². The van der Waals surface area contributed by atoms with Crippen LogP contribution in [0.3, 0.4) is 0 Å². The Balaban J connectivity index is 1.50. The van der Waals surface area contributed by atoms with Gasteiger partial charge in [0, 0.05) is 12.6 Å². The van der Waals surface area contributed by atoms with E-state index in [0.717, 1.165) is 38.0 Å². The van der Waals surface area contributed by atoms with E-state index >= 15 is 0 Å². The second-order valence-corrected chi connectivity index (χ2v) is 5.72. The minimum atomic E-state index is 0.0358. The standard InChI is InChI=1S/C17H22N4O/c22-17(7-6-14-4-2-1-3-5-14)20-15-12-19-21(13-15)16-8-10-18-11-9-16/h1-5,12-13,16,18H,6-11H2,(H,20,22). The molecule has 1 aliphatic rings. The number of aryl methyl sites for hydroxylation is 1. The Morgan fingerprint density at radius 1 is 1.27 bits per heavy atom. The first-order valence-corrected chi connectivity index (χ1v) is 7.90. The van der Waals surface area contributed by atoms with Gasteiger partial charge in [-0.25, -0.2) is 0 Å². The molecule has 1 aliphatic heterocycles. The average Bonchev–Trinajstić information content (AvgIpc) is 3.03. The third kappa shape index (κ3) is 3.95. The van der Waals surface area contributed by atoms with Crippen LogP contribution in [0.1, 0.15) is 30.9 Å². The van der Waals surface area contributed by atoms with Crippen molar-refractivity contribution < 1.29 is 4.79 Å². The molecule has 22 heavy (non-hydrogen) atoms. The number of hydrogen-bond donors (Lipinski definition) is 2. The van der Waals surface area contributed by atoms with Gasteiger partial charge in [-0.15, -0.1) is 0 Å². The van der Waals surface area contributed by atoms with Crippen LogP contribution in [0.5, 0.6) is 0 Å². The van der Waals surface area contributed by atoms with Crippen molar-refractivity contribution in [1.29, 1.82) is 0 Å². The minimum Gasteiger partial charge on any atom is -0.323 e. The van der Waals surface area contributed by atoms with Crippen molar-refractivity contribution in [3.63, 3.8) is 0 Å². The molecule has 2 N–H and O–H groups in total. The topological polar surface area (TPSA) is 59.0 Å². The van der Waals surface area contributed by atoms with Crippen molar-refractivity contribution in [3.05, 3.63) is 48.3 Å². The highest BCUT2D eigenvalue weighted by Crippen LogP contribution is 2.19. The molecule has 2 aromatic rings. The van der Waals surface area contributed by atoms with Gasteiger partial charge in [-0.3, -0.25) is 9.48 Å². The molecule has 5 nitrogen and oxygen atoms in total. The zero-order valence-corrected chi connectivity index (χ0v) is 12.7. The zero-order chi connectivity index (χ0) is 15.2. The Labute approximate surface area is 130 Å². The maximum atomic E-state index is 12.0. The summed E-state index contributed by atoms with van der Waals surface area (Å²) in [5.41, 5.74) is 1.97. The minimum absolute atomic E-state index is 0.0358. The summed E-state index contributed by atoms with van der Waals surface area (Å²) >= 11 is 0. The molecular formula is C17H22N4O. The van der Waals surface area contributed by atoms with Crippen LogP contribution in [-0.2, 0) is 11.2 Å². The predicted molar refractivity (Wildman–Crippen MR) is 86.8 cm³/mol. The number of nitrogens with zero attached hydrogens (tertiary/aromatic N) is 2. The molecule has 1 saturated heterocycles. The highest BCUT2D eigenvalue weighted by Gasteiger charge is 2.16.